The molecule has 3 rings (SSSR count). The Morgan fingerprint density at radius 3 is 2.62 bits per heavy atom. The maximum absolute atomic E-state index is 12.6. The lowest BCUT2D eigenvalue weighted by molar-refractivity contribution is -0.117. The number of anilines is 1. The molecule has 1 atom stereocenters. The van der Waals surface area contributed by atoms with Gasteiger partial charge in [0.1, 0.15) is 0 Å². The molecule has 0 bridgehead atoms. The van der Waals surface area contributed by atoms with Gasteiger partial charge in [0.15, 0.2) is 0 Å². The Hall–Kier alpha value is -2.13. The molecule has 21 heavy (non-hydrogen) atoms. The van der Waals surface area contributed by atoms with Crippen molar-refractivity contribution in [3.63, 3.8) is 0 Å². The van der Waals surface area contributed by atoms with Gasteiger partial charge >= 0.3 is 0 Å². The van der Waals surface area contributed by atoms with E-state index in [2.05, 4.69) is 28.8 Å². The van der Waals surface area contributed by atoms with Crippen LogP contribution in [0.5, 0.6) is 0 Å². The van der Waals surface area contributed by atoms with Gasteiger partial charge in [-0.3, -0.25) is 4.79 Å². The molecule has 1 heterocycles. The van der Waals surface area contributed by atoms with Gasteiger partial charge in [0, 0.05) is 18.8 Å². The summed E-state index contributed by atoms with van der Waals surface area (Å²) in [7, 11) is 0. The van der Waals surface area contributed by atoms with Gasteiger partial charge in [0.05, 0.1) is 5.92 Å². The van der Waals surface area contributed by atoms with Crippen LogP contribution in [0, 0.1) is 13.8 Å². The first kappa shape index (κ1) is 13.8. The zero-order chi connectivity index (χ0) is 14.8. The SMILES string of the molecule is Cc1cc(C)cc(NC(=O)C2CNCc3ccccc32)c1. The highest BCUT2D eigenvalue weighted by molar-refractivity contribution is 5.96. The molecule has 3 nitrogen and oxygen atoms in total. The molecule has 1 aliphatic rings. The second kappa shape index (κ2) is 5.70. The van der Waals surface area contributed by atoms with Crippen molar-refractivity contribution in [3.05, 3.63) is 64.7 Å². The fraction of sp³-hybridized carbons (Fsp3) is 0.278. The van der Waals surface area contributed by atoms with Crippen molar-refractivity contribution >= 4 is 11.6 Å². The van der Waals surface area contributed by atoms with E-state index in [0.717, 1.165) is 28.9 Å². The number of hydrogen-bond acceptors (Lipinski definition) is 2. The van der Waals surface area contributed by atoms with E-state index in [-0.39, 0.29) is 11.8 Å². The quantitative estimate of drug-likeness (QED) is 0.887. The van der Waals surface area contributed by atoms with Gasteiger partial charge in [-0.2, -0.15) is 0 Å². The highest BCUT2D eigenvalue weighted by Gasteiger charge is 2.26. The standard InChI is InChI=1S/C18H20N2O/c1-12-7-13(2)9-15(8-12)20-18(21)17-11-19-10-14-5-3-4-6-16(14)17/h3-9,17,19H,10-11H2,1-2H3,(H,20,21). The van der Waals surface area contributed by atoms with Crippen LogP contribution >= 0.6 is 0 Å². The molecule has 0 aromatic heterocycles. The molecule has 2 aromatic carbocycles. The van der Waals surface area contributed by atoms with E-state index in [1.54, 1.807) is 0 Å². The highest BCUT2D eigenvalue weighted by Crippen LogP contribution is 2.25. The Balaban J connectivity index is 1.83. The van der Waals surface area contributed by atoms with E-state index in [1.165, 1.54) is 5.56 Å². The summed E-state index contributed by atoms with van der Waals surface area (Å²) in [5, 5.41) is 6.37. The molecule has 0 spiro atoms. The summed E-state index contributed by atoms with van der Waals surface area (Å²) in [6, 6.07) is 14.3. The molecule has 108 valence electrons. The molecule has 3 heteroatoms. The summed E-state index contributed by atoms with van der Waals surface area (Å²) in [5.41, 5.74) is 5.54. The van der Waals surface area contributed by atoms with E-state index < -0.39 is 0 Å². The molecule has 1 amide bonds. The average molecular weight is 280 g/mol. The molecule has 1 unspecified atom stereocenters. The lowest BCUT2D eigenvalue weighted by Crippen LogP contribution is -2.35. The Kier molecular flexibility index (Phi) is 3.76. The molecular formula is C18H20N2O. The minimum absolute atomic E-state index is 0.0552. The molecule has 0 fully saturated rings. The lowest BCUT2D eigenvalue weighted by atomic mass is 9.90. The number of rotatable bonds is 2. The van der Waals surface area contributed by atoms with E-state index >= 15 is 0 Å². The monoisotopic (exact) mass is 280 g/mol. The van der Waals surface area contributed by atoms with Crippen LogP contribution in [0.1, 0.15) is 28.2 Å². The van der Waals surface area contributed by atoms with E-state index in [4.69, 9.17) is 0 Å². The van der Waals surface area contributed by atoms with Crippen molar-refractivity contribution < 1.29 is 4.79 Å². The van der Waals surface area contributed by atoms with Gasteiger partial charge in [0.2, 0.25) is 5.91 Å². The minimum Gasteiger partial charge on any atom is -0.326 e. The zero-order valence-electron chi connectivity index (χ0n) is 12.4. The first-order valence-electron chi connectivity index (χ1n) is 7.31. The first-order chi connectivity index (χ1) is 10.1. The van der Waals surface area contributed by atoms with Gasteiger partial charge in [-0.05, 0) is 48.2 Å². The van der Waals surface area contributed by atoms with Crippen LogP contribution in [0.3, 0.4) is 0 Å². The Labute approximate surface area is 125 Å². The summed E-state index contributed by atoms with van der Waals surface area (Å²) >= 11 is 0. The van der Waals surface area contributed by atoms with Gasteiger partial charge < -0.3 is 10.6 Å². The summed E-state index contributed by atoms with van der Waals surface area (Å²) < 4.78 is 0. The number of nitrogens with one attached hydrogen (secondary N) is 2. The van der Waals surface area contributed by atoms with Crippen molar-refractivity contribution in [2.24, 2.45) is 0 Å². The smallest absolute Gasteiger partial charge is 0.233 e. The maximum Gasteiger partial charge on any atom is 0.233 e. The van der Waals surface area contributed by atoms with Crippen LogP contribution < -0.4 is 10.6 Å². The van der Waals surface area contributed by atoms with Crippen molar-refractivity contribution in [1.29, 1.82) is 0 Å². The van der Waals surface area contributed by atoms with Gasteiger partial charge in [-0.15, -0.1) is 0 Å². The Morgan fingerprint density at radius 1 is 1.14 bits per heavy atom. The van der Waals surface area contributed by atoms with Crippen LogP contribution in [0.2, 0.25) is 0 Å². The largest absolute Gasteiger partial charge is 0.326 e. The highest BCUT2D eigenvalue weighted by atomic mass is 16.1. The second-order valence-electron chi connectivity index (χ2n) is 5.75. The number of benzene rings is 2. The molecule has 2 aromatic rings. The predicted molar refractivity (Wildman–Crippen MR) is 85.4 cm³/mol. The Morgan fingerprint density at radius 2 is 1.86 bits per heavy atom. The fourth-order valence-corrected chi connectivity index (χ4v) is 3.01. The molecule has 0 saturated heterocycles. The van der Waals surface area contributed by atoms with Crippen molar-refractivity contribution in [2.45, 2.75) is 26.3 Å². The van der Waals surface area contributed by atoms with Crippen molar-refractivity contribution in [1.82, 2.24) is 5.32 Å². The first-order valence-corrected chi connectivity index (χ1v) is 7.31. The van der Waals surface area contributed by atoms with Crippen molar-refractivity contribution in [3.8, 4) is 0 Å². The maximum atomic E-state index is 12.6. The average Bonchev–Trinajstić information content (AvgIpc) is 2.45. The summed E-state index contributed by atoms with van der Waals surface area (Å²) in [5.74, 6) is -0.0737. The van der Waals surface area contributed by atoms with Gasteiger partial charge in [0.25, 0.3) is 0 Å². The summed E-state index contributed by atoms with van der Waals surface area (Å²) in [4.78, 5) is 12.6. The molecular weight excluding hydrogens is 260 g/mol. The van der Waals surface area contributed by atoms with E-state index in [1.807, 2.05) is 38.1 Å². The molecule has 0 aliphatic carbocycles. The normalized spacial score (nSPS) is 17.1. The third-order valence-corrected chi connectivity index (χ3v) is 3.90. The van der Waals surface area contributed by atoms with Crippen LogP contribution in [0.4, 0.5) is 5.69 Å². The number of hydrogen-bond donors (Lipinski definition) is 2. The second-order valence-corrected chi connectivity index (χ2v) is 5.75. The summed E-state index contributed by atoms with van der Waals surface area (Å²) in [6.07, 6.45) is 0. The third kappa shape index (κ3) is 2.98. The van der Waals surface area contributed by atoms with Gasteiger partial charge in [-0.1, -0.05) is 30.3 Å². The number of carbonyl (C=O) groups excluding carboxylic acids is 1. The lowest BCUT2D eigenvalue weighted by Gasteiger charge is -2.25. The number of aryl methyl sites for hydroxylation is 2. The fourth-order valence-electron chi connectivity index (χ4n) is 3.01. The molecule has 0 radical (unpaired) electrons. The third-order valence-electron chi connectivity index (χ3n) is 3.90. The predicted octanol–water partition coefficient (Wildman–Crippen LogP) is 3.13. The molecule has 2 N–H and O–H groups in total. The zero-order valence-corrected chi connectivity index (χ0v) is 12.4. The molecule has 0 saturated carbocycles. The van der Waals surface area contributed by atoms with Crippen LogP contribution in [-0.2, 0) is 11.3 Å². The number of fused-ring (bicyclic) bond motifs is 1. The molecule has 1 aliphatic heterocycles. The van der Waals surface area contributed by atoms with Crippen LogP contribution in [0.15, 0.2) is 42.5 Å². The Bertz CT molecular complexity index is 658. The number of carbonyl (C=O) groups is 1. The van der Waals surface area contributed by atoms with Crippen LogP contribution in [0.25, 0.3) is 0 Å². The topological polar surface area (TPSA) is 41.1 Å². The number of amides is 1. The van der Waals surface area contributed by atoms with Crippen molar-refractivity contribution in [2.75, 3.05) is 11.9 Å². The minimum atomic E-state index is -0.129. The van der Waals surface area contributed by atoms with Gasteiger partial charge in [-0.25, -0.2) is 0 Å². The van der Waals surface area contributed by atoms with E-state index in [0.29, 0.717) is 6.54 Å². The van der Waals surface area contributed by atoms with Crippen LogP contribution in [-0.4, -0.2) is 12.5 Å². The van der Waals surface area contributed by atoms with E-state index in [9.17, 15) is 4.79 Å². The summed E-state index contributed by atoms with van der Waals surface area (Å²) in [6.45, 7) is 5.61.